The van der Waals surface area contributed by atoms with E-state index < -0.39 is 34.7 Å². The Morgan fingerprint density at radius 2 is 1.90 bits per heavy atom. The number of amides is 1. The lowest BCUT2D eigenvalue weighted by Gasteiger charge is -2.25. The largest absolute Gasteiger partial charge is 0.394 e. The van der Waals surface area contributed by atoms with E-state index in [1.54, 1.807) is 6.92 Å². The van der Waals surface area contributed by atoms with Crippen molar-refractivity contribution in [1.82, 2.24) is 4.72 Å². The zero-order chi connectivity index (χ0) is 15.6. The number of primary amides is 1. The molecule has 0 aliphatic rings. The molecule has 0 saturated carbocycles. The highest BCUT2D eigenvalue weighted by Gasteiger charge is 2.30. The number of nitrogens with two attached hydrogens (primary N) is 1. The number of aryl methyl sites for hydroxylation is 1. The number of benzene rings is 1. The standard InChI is InChI=1S/C12H18N2O5S/c1-8-3-4-9(5-10(8)11(13)17)20(18,19)14-12(2,6-15)7-16/h3-5,14-16H,6-7H2,1-2H3,(H2,13,17). The topological polar surface area (TPSA) is 130 Å². The van der Waals surface area contributed by atoms with Crippen LogP contribution in [-0.2, 0) is 10.0 Å². The van der Waals surface area contributed by atoms with Gasteiger partial charge in [0.2, 0.25) is 15.9 Å². The molecule has 112 valence electrons. The Hall–Kier alpha value is -1.48. The summed E-state index contributed by atoms with van der Waals surface area (Å²) in [5.41, 5.74) is 4.44. The Morgan fingerprint density at radius 1 is 1.35 bits per heavy atom. The van der Waals surface area contributed by atoms with Crippen LogP contribution >= 0.6 is 0 Å². The van der Waals surface area contributed by atoms with Crippen molar-refractivity contribution >= 4 is 15.9 Å². The first-order valence-corrected chi connectivity index (χ1v) is 7.30. The van der Waals surface area contributed by atoms with Gasteiger partial charge in [-0.1, -0.05) is 6.07 Å². The number of rotatable bonds is 6. The molecule has 0 spiro atoms. The predicted octanol–water partition coefficient (Wildman–Crippen LogP) is -0.884. The minimum Gasteiger partial charge on any atom is -0.394 e. The summed E-state index contributed by atoms with van der Waals surface area (Å²) in [6.07, 6.45) is 0. The Balaban J connectivity index is 3.23. The number of hydrogen-bond acceptors (Lipinski definition) is 5. The maximum absolute atomic E-state index is 12.2. The number of sulfonamides is 1. The van der Waals surface area contributed by atoms with Gasteiger partial charge >= 0.3 is 0 Å². The van der Waals surface area contributed by atoms with E-state index in [1.807, 2.05) is 0 Å². The van der Waals surface area contributed by atoms with Crippen molar-refractivity contribution in [2.45, 2.75) is 24.3 Å². The predicted molar refractivity (Wildman–Crippen MR) is 72.6 cm³/mol. The second-order valence-corrected chi connectivity index (χ2v) is 6.51. The van der Waals surface area contributed by atoms with Gasteiger partial charge in [0.15, 0.2) is 0 Å². The van der Waals surface area contributed by atoms with Crippen molar-refractivity contribution in [3.63, 3.8) is 0 Å². The number of aliphatic hydroxyl groups is 2. The maximum Gasteiger partial charge on any atom is 0.249 e. The minimum absolute atomic E-state index is 0.0996. The van der Waals surface area contributed by atoms with Crippen LogP contribution in [0.4, 0.5) is 0 Å². The van der Waals surface area contributed by atoms with Gasteiger partial charge in [0.05, 0.1) is 23.6 Å². The third kappa shape index (κ3) is 3.54. The molecule has 1 aromatic carbocycles. The zero-order valence-corrected chi connectivity index (χ0v) is 12.1. The molecule has 0 unspecified atom stereocenters. The summed E-state index contributed by atoms with van der Waals surface area (Å²) >= 11 is 0. The smallest absolute Gasteiger partial charge is 0.249 e. The molecule has 1 aromatic rings. The molecule has 0 atom stereocenters. The molecule has 0 aromatic heterocycles. The van der Waals surface area contributed by atoms with Crippen molar-refractivity contribution < 1.29 is 23.4 Å². The lowest BCUT2D eigenvalue weighted by molar-refractivity contribution is 0.0999. The first kappa shape index (κ1) is 16.6. The van der Waals surface area contributed by atoms with Crippen LogP contribution in [0.5, 0.6) is 0 Å². The van der Waals surface area contributed by atoms with Crippen LogP contribution in [0.3, 0.4) is 0 Å². The van der Waals surface area contributed by atoms with E-state index in [9.17, 15) is 13.2 Å². The van der Waals surface area contributed by atoms with Gasteiger partial charge < -0.3 is 15.9 Å². The molecule has 20 heavy (non-hydrogen) atoms. The van der Waals surface area contributed by atoms with Gasteiger partial charge in [0.25, 0.3) is 0 Å². The lowest BCUT2D eigenvalue weighted by atomic mass is 10.1. The van der Waals surface area contributed by atoms with Crippen LogP contribution in [0.1, 0.15) is 22.8 Å². The SMILES string of the molecule is Cc1ccc(S(=O)(=O)NC(C)(CO)CO)cc1C(N)=O. The normalized spacial score (nSPS) is 12.4. The molecule has 0 radical (unpaired) electrons. The molecule has 0 saturated heterocycles. The Labute approximate surface area is 117 Å². The van der Waals surface area contributed by atoms with Crippen LogP contribution in [0.15, 0.2) is 23.1 Å². The molecule has 1 rings (SSSR count). The van der Waals surface area contributed by atoms with Crippen molar-refractivity contribution in [1.29, 1.82) is 0 Å². The molecule has 7 nitrogen and oxygen atoms in total. The second-order valence-electron chi connectivity index (χ2n) is 4.82. The van der Waals surface area contributed by atoms with Gasteiger partial charge in [-0.2, -0.15) is 0 Å². The van der Waals surface area contributed by atoms with E-state index in [4.69, 9.17) is 15.9 Å². The van der Waals surface area contributed by atoms with E-state index in [0.717, 1.165) is 6.07 Å². The summed E-state index contributed by atoms with van der Waals surface area (Å²) in [5.74, 6) is -0.730. The highest BCUT2D eigenvalue weighted by molar-refractivity contribution is 7.89. The summed E-state index contributed by atoms with van der Waals surface area (Å²) in [4.78, 5) is 11.1. The van der Waals surface area contributed by atoms with E-state index in [0.29, 0.717) is 5.56 Å². The number of aliphatic hydroxyl groups excluding tert-OH is 2. The van der Waals surface area contributed by atoms with Crippen LogP contribution in [0, 0.1) is 6.92 Å². The monoisotopic (exact) mass is 302 g/mol. The Bertz CT molecular complexity index is 608. The molecular formula is C12H18N2O5S. The van der Waals surface area contributed by atoms with Crippen LogP contribution < -0.4 is 10.5 Å². The fourth-order valence-corrected chi connectivity index (χ4v) is 2.95. The Morgan fingerprint density at radius 3 is 2.35 bits per heavy atom. The number of carbonyl (C=O) groups excluding carboxylic acids is 1. The van der Waals surface area contributed by atoms with E-state index in [1.165, 1.54) is 19.1 Å². The van der Waals surface area contributed by atoms with Crippen molar-refractivity contribution in [3.05, 3.63) is 29.3 Å². The Kier molecular flexibility index (Phi) is 4.87. The van der Waals surface area contributed by atoms with Gasteiger partial charge in [0, 0.05) is 5.56 Å². The molecule has 0 heterocycles. The van der Waals surface area contributed by atoms with Gasteiger partial charge in [-0.25, -0.2) is 13.1 Å². The first-order chi connectivity index (χ1) is 9.15. The minimum atomic E-state index is -3.99. The molecule has 0 aliphatic carbocycles. The second kappa shape index (κ2) is 5.88. The highest BCUT2D eigenvalue weighted by atomic mass is 32.2. The van der Waals surface area contributed by atoms with Gasteiger partial charge in [-0.3, -0.25) is 4.79 Å². The van der Waals surface area contributed by atoms with Crippen LogP contribution in [0.25, 0.3) is 0 Å². The fraction of sp³-hybridized carbons (Fsp3) is 0.417. The molecular weight excluding hydrogens is 284 g/mol. The van der Waals surface area contributed by atoms with Gasteiger partial charge in [-0.15, -0.1) is 0 Å². The number of hydrogen-bond donors (Lipinski definition) is 4. The van der Waals surface area contributed by atoms with Crippen molar-refractivity contribution in [2.24, 2.45) is 5.73 Å². The average molecular weight is 302 g/mol. The van der Waals surface area contributed by atoms with E-state index in [2.05, 4.69) is 4.72 Å². The molecule has 5 N–H and O–H groups in total. The summed E-state index contributed by atoms with van der Waals surface area (Å²) < 4.78 is 26.5. The third-order valence-corrected chi connectivity index (χ3v) is 4.50. The van der Waals surface area contributed by atoms with E-state index >= 15 is 0 Å². The van der Waals surface area contributed by atoms with Crippen LogP contribution in [-0.4, -0.2) is 43.3 Å². The third-order valence-electron chi connectivity index (χ3n) is 2.86. The first-order valence-electron chi connectivity index (χ1n) is 5.81. The number of carbonyl (C=O) groups is 1. The quantitative estimate of drug-likeness (QED) is 0.542. The fourth-order valence-electron chi connectivity index (χ4n) is 1.53. The lowest BCUT2D eigenvalue weighted by Crippen LogP contribution is -2.51. The van der Waals surface area contributed by atoms with Gasteiger partial charge in [0.1, 0.15) is 0 Å². The zero-order valence-electron chi connectivity index (χ0n) is 11.3. The molecule has 8 heteroatoms. The average Bonchev–Trinajstić information content (AvgIpc) is 2.38. The highest BCUT2D eigenvalue weighted by Crippen LogP contribution is 2.17. The summed E-state index contributed by atoms with van der Waals surface area (Å²) in [6.45, 7) is 1.84. The van der Waals surface area contributed by atoms with Crippen molar-refractivity contribution in [2.75, 3.05) is 13.2 Å². The summed E-state index contributed by atoms with van der Waals surface area (Å²) in [6, 6.07) is 3.94. The molecule has 0 bridgehead atoms. The van der Waals surface area contributed by atoms with Crippen LogP contribution in [0.2, 0.25) is 0 Å². The number of nitrogens with one attached hydrogen (secondary N) is 1. The van der Waals surface area contributed by atoms with Gasteiger partial charge in [-0.05, 0) is 31.5 Å². The molecule has 0 aliphatic heterocycles. The van der Waals surface area contributed by atoms with Crippen molar-refractivity contribution in [3.8, 4) is 0 Å². The summed E-state index contributed by atoms with van der Waals surface area (Å²) in [7, 11) is -3.99. The summed E-state index contributed by atoms with van der Waals surface area (Å²) in [5, 5.41) is 18.2. The molecule has 0 fully saturated rings. The molecule has 1 amide bonds. The maximum atomic E-state index is 12.2. The van der Waals surface area contributed by atoms with E-state index in [-0.39, 0.29) is 10.5 Å².